The molecule has 0 atom stereocenters. The lowest BCUT2D eigenvalue weighted by Gasteiger charge is -2.25. The lowest BCUT2D eigenvalue weighted by molar-refractivity contribution is 0.0526. The summed E-state index contributed by atoms with van der Waals surface area (Å²) in [6.45, 7) is 2.18. The van der Waals surface area contributed by atoms with Crippen molar-refractivity contribution in [2.75, 3.05) is 6.61 Å². The molecule has 5 nitrogen and oxygen atoms in total. The molecule has 1 aromatic carbocycles. The SMILES string of the molecule is CCOC(=O)c1ccc2c(c1)nc(-c1ccoc1)n2C1CCCCC1. The fourth-order valence-electron chi connectivity index (χ4n) is 3.74. The summed E-state index contributed by atoms with van der Waals surface area (Å²) in [5.74, 6) is 0.609. The van der Waals surface area contributed by atoms with Crippen molar-refractivity contribution >= 4 is 17.0 Å². The minimum absolute atomic E-state index is 0.304. The van der Waals surface area contributed by atoms with Crippen LogP contribution in [0, 0.1) is 0 Å². The van der Waals surface area contributed by atoms with Crippen molar-refractivity contribution in [1.82, 2.24) is 9.55 Å². The van der Waals surface area contributed by atoms with Crippen molar-refractivity contribution in [3.05, 3.63) is 42.4 Å². The Morgan fingerprint density at radius 2 is 2.12 bits per heavy atom. The third-order valence-electron chi connectivity index (χ3n) is 4.92. The molecule has 1 saturated carbocycles. The molecule has 0 amide bonds. The van der Waals surface area contributed by atoms with Gasteiger partial charge in [0.15, 0.2) is 0 Å². The highest BCUT2D eigenvalue weighted by molar-refractivity contribution is 5.94. The summed E-state index contributed by atoms with van der Waals surface area (Å²) in [5.41, 5.74) is 3.41. The monoisotopic (exact) mass is 338 g/mol. The van der Waals surface area contributed by atoms with Crippen molar-refractivity contribution < 1.29 is 13.9 Å². The number of carbonyl (C=O) groups excluding carboxylic acids is 1. The maximum Gasteiger partial charge on any atom is 0.338 e. The topological polar surface area (TPSA) is 57.3 Å². The number of ether oxygens (including phenoxy) is 1. The molecule has 4 rings (SSSR count). The van der Waals surface area contributed by atoms with Crippen LogP contribution in [0.15, 0.2) is 41.2 Å². The van der Waals surface area contributed by atoms with Gasteiger partial charge >= 0.3 is 5.97 Å². The van der Waals surface area contributed by atoms with Crippen molar-refractivity contribution in [1.29, 1.82) is 0 Å². The molecule has 0 unspecified atom stereocenters. The number of furan rings is 1. The van der Waals surface area contributed by atoms with E-state index in [-0.39, 0.29) is 5.97 Å². The van der Waals surface area contributed by atoms with E-state index in [0.29, 0.717) is 18.2 Å². The second-order valence-corrected chi connectivity index (χ2v) is 6.53. The van der Waals surface area contributed by atoms with E-state index in [1.807, 2.05) is 31.2 Å². The standard InChI is InChI=1S/C20H22N2O3/c1-2-25-20(23)14-8-9-18-17(12-14)21-19(15-10-11-24-13-15)22(18)16-6-4-3-5-7-16/h8-13,16H,2-7H2,1H3. The molecule has 0 saturated heterocycles. The molecule has 0 bridgehead atoms. The molecule has 0 radical (unpaired) electrons. The summed E-state index contributed by atoms with van der Waals surface area (Å²) in [6.07, 6.45) is 9.52. The van der Waals surface area contributed by atoms with E-state index in [1.54, 1.807) is 12.5 Å². The zero-order valence-corrected chi connectivity index (χ0v) is 14.4. The van der Waals surface area contributed by atoms with E-state index in [0.717, 1.165) is 35.3 Å². The van der Waals surface area contributed by atoms with Crippen LogP contribution in [0.4, 0.5) is 0 Å². The fourth-order valence-corrected chi connectivity index (χ4v) is 3.74. The number of nitrogens with zero attached hydrogens (tertiary/aromatic N) is 2. The van der Waals surface area contributed by atoms with Crippen LogP contribution < -0.4 is 0 Å². The number of carbonyl (C=O) groups is 1. The van der Waals surface area contributed by atoms with E-state index >= 15 is 0 Å². The molecule has 1 fully saturated rings. The van der Waals surface area contributed by atoms with Crippen LogP contribution in [-0.4, -0.2) is 22.1 Å². The lowest BCUT2D eigenvalue weighted by Crippen LogP contribution is -2.13. The molecule has 25 heavy (non-hydrogen) atoms. The summed E-state index contributed by atoms with van der Waals surface area (Å²) in [4.78, 5) is 16.9. The Morgan fingerprint density at radius 1 is 1.28 bits per heavy atom. The molecule has 1 aliphatic carbocycles. The first-order chi connectivity index (χ1) is 12.3. The van der Waals surface area contributed by atoms with Crippen LogP contribution in [-0.2, 0) is 4.74 Å². The predicted molar refractivity (Wildman–Crippen MR) is 95.5 cm³/mol. The Labute approximate surface area is 146 Å². The van der Waals surface area contributed by atoms with Crippen LogP contribution >= 0.6 is 0 Å². The van der Waals surface area contributed by atoms with Gasteiger partial charge in [-0.2, -0.15) is 0 Å². The molecule has 130 valence electrons. The van der Waals surface area contributed by atoms with Crippen LogP contribution in [0.5, 0.6) is 0 Å². The van der Waals surface area contributed by atoms with Gasteiger partial charge in [-0.05, 0) is 44.0 Å². The Kier molecular flexibility index (Phi) is 4.30. The number of hydrogen-bond donors (Lipinski definition) is 0. The Bertz CT molecular complexity index is 874. The summed E-state index contributed by atoms with van der Waals surface area (Å²) < 4.78 is 12.7. The Morgan fingerprint density at radius 3 is 2.84 bits per heavy atom. The average molecular weight is 338 g/mol. The molecule has 0 aliphatic heterocycles. The van der Waals surface area contributed by atoms with E-state index in [4.69, 9.17) is 14.1 Å². The second kappa shape index (κ2) is 6.75. The zero-order valence-electron chi connectivity index (χ0n) is 14.4. The molecular weight excluding hydrogens is 316 g/mol. The zero-order chi connectivity index (χ0) is 17.2. The van der Waals surface area contributed by atoms with Gasteiger partial charge in [-0.3, -0.25) is 0 Å². The van der Waals surface area contributed by atoms with Crippen molar-refractivity contribution in [3.63, 3.8) is 0 Å². The van der Waals surface area contributed by atoms with Gasteiger partial charge < -0.3 is 13.7 Å². The summed E-state index contributed by atoms with van der Waals surface area (Å²) in [7, 11) is 0. The molecule has 0 N–H and O–H groups in total. The van der Waals surface area contributed by atoms with E-state index in [9.17, 15) is 4.79 Å². The van der Waals surface area contributed by atoms with Gasteiger partial charge in [0.25, 0.3) is 0 Å². The molecule has 5 heteroatoms. The number of esters is 1. The number of fused-ring (bicyclic) bond motifs is 1. The van der Waals surface area contributed by atoms with Crippen LogP contribution in [0.25, 0.3) is 22.4 Å². The summed E-state index contributed by atoms with van der Waals surface area (Å²) in [5, 5.41) is 0. The lowest BCUT2D eigenvalue weighted by atomic mass is 9.95. The van der Waals surface area contributed by atoms with Gasteiger partial charge in [0.2, 0.25) is 0 Å². The first kappa shape index (κ1) is 15.9. The Hall–Kier alpha value is -2.56. The fraction of sp³-hybridized carbons (Fsp3) is 0.400. The highest BCUT2D eigenvalue weighted by atomic mass is 16.5. The summed E-state index contributed by atoms with van der Waals surface area (Å²) >= 11 is 0. The number of aromatic nitrogens is 2. The normalized spacial score (nSPS) is 15.6. The quantitative estimate of drug-likeness (QED) is 0.630. The van der Waals surface area contributed by atoms with Gasteiger partial charge in [-0.15, -0.1) is 0 Å². The molecular formula is C20H22N2O3. The Balaban J connectivity index is 1.84. The third-order valence-corrected chi connectivity index (χ3v) is 4.92. The second-order valence-electron chi connectivity index (χ2n) is 6.53. The summed E-state index contributed by atoms with van der Waals surface area (Å²) in [6, 6.07) is 8.04. The van der Waals surface area contributed by atoms with E-state index in [2.05, 4.69) is 4.57 Å². The molecule has 2 heterocycles. The van der Waals surface area contributed by atoms with Gasteiger partial charge in [0.1, 0.15) is 12.1 Å². The van der Waals surface area contributed by atoms with Crippen molar-refractivity contribution in [2.45, 2.75) is 45.1 Å². The van der Waals surface area contributed by atoms with Gasteiger partial charge in [-0.1, -0.05) is 19.3 Å². The number of imidazole rings is 1. The van der Waals surface area contributed by atoms with Gasteiger partial charge in [0, 0.05) is 6.04 Å². The van der Waals surface area contributed by atoms with E-state index in [1.165, 1.54) is 19.3 Å². The van der Waals surface area contributed by atoms with Crippen molar-refractivity contribution in [2.24, 2.45) is 0 Å². The maximum absolute atomic E-state index is 12.0. The number of hydrogen-bond acceptors (Lipinski definition) is 4. The number of benzene rings is 1. The van der Waals surface area contributed by atoms with Crippen LogP contribution in [0.1, 0.15) is 55.4 Å². The van der Waals surface area contributed by atoms with Crippen LogP contribution in [0.3, 0.4) is 0 Å². The molecule has 1 aliphatic rings. The predicted octanol–water partition coefficient (Wildman–Crippen LogP) is 4.98. The third kappa shape index (κ3) is 2.95. The minimum atomic E-state index is -0.304. The first-order valence-electron chi connectivity index (χ1n) is 8.99. The highest BCUT2D eigenvalue weighted by Crippen LogP contribution is 2.36. The highest BCUT2D eigenvalue weighted by Gasteiger charge is 2.23. The minimum Gasteiger partial charge on any atom is -0.472 e. The molecule has 2 aromatic heterocycles. The van der Waals surface area contributed by atoms with Crippen molar-refractivity contribution in [3.8, 4) is 11.4 Å². The van der Waals surface area contributed by atoms with Crippen LogP contribution in [0.2, 0.25) is 0 Å². The maximum atomic E-state index is 12.0. The molecule has 0 spiro atoms. The van der Waals surface area contributed by atoms with Gasteiger partial charge in [-0.25, -0.2) is 9.78 Å². The first-order valence-corrected chi connectivity index (χ1v) is 8.99. The largest absolute Gasteiger partial charge is 0.472 e. The van der Waals surface area contributed by atoms with E-state index < -0.39 is 0 Å². The van der Waals surface area contributed by atoms with Gasteiger partial charge in [0.05, 0.1) is 35.0 Å². The molecule has 3 aromatic rings. The average Bonchev–Trinajstić information content (AvgIpc) is 3.29. The number of rotatable bonds is 4. The smallest absolute Gasteiger partial charge is 0.338 e.